The van der Waals surface area contributed by atoms with Crippen LogP contribution in [0.15, 0.2) is 67.0 Å². The summed E-state index contributed by atoms with van der Waals surface area (Å²) in [6.45, 7) is 2.33. The van der Waals surface area contributed by atoms with Gasteiger partial charge >= 0.3 is 0 Å². The predicted molar refractivity (Wildman–Crippen MR) is 111 cm³/mol. The molecule has 0 aliphatic heterocycles. The summed E-state index contributed by atoms with van der Waals surface area (Å²) in [5.74, 6) is -0.498. The van der Waals surface area contributed by atoms with E-state index in [1.807, 2.05) is 30.3 Å². The number of hydrogen-bond acceptors (Lipinski definition) is 4. The summed E-state index contributed by atoms with van der Waals surface area (Å²) in [5, 5.41) is 8.27. The molecule has 0 spiro atoms. The number of aryl methyl sites for hydroxylation is 1. The van der Waals surface area contributed by atoms with Crippen LogP contribution in [0.3, 0.4) is 0 Å². The summed E-state index contributed by atoms with van der Waals surface area (Å²) in [6, 6.07) is 16.4. The number of anilines is 1. The highest BCUT2D eigenvalue weighted by Crippen LogP contribution is 2.18. The normalized spacial score (nSPS) is 10.8. The van der Waals surface area contributed by atoms with Gasteiger partial charge in [0.25, 0.3) is 5.91 Å². The molecular weight excluding hydrogens is 366 g/mol. The fourth-order valence-electron chi connectivity index (χ4n) is 3.19. The van der Waals surface area contributed by atoms with Gasteiger partial charge in [-0.25, -0.2) is 0 Å². The van der Waals surface area contributed by atoms with Crippen LogP contribution in [0.25, 0.3) is 10.9 Å². The maximum absolute atomic E-state index is 12.6. The lowest BCUT2D eigenvalue weighted by molar-refractivity contribution is 0.1000. The molecule has 0 fully saturated rings. The van der Waals surface area contributed by atoms with Gasteiger partial charge in [-0.1, -0.05) is 30.3 Å². The number of carbonyl (C=O) groups is 2. The van der Waals surface area contributed by atoms with Gasteiger partial charge < -0.3 is 11.1 Å². The van der Waals surface area contributed by atoms with Gasteiger partial charge in [-0.15, -0.1) is 0 Å². The Labute approximate surface area is 167 Å². The number of nitrogens with zero attached hydrogens (tertiary/aromatic N) is 3. The number of aromatic nitrogens is 3. The van der Waals surface area contributed by atoms with Crippen LogP contribution in [0.4, 0.5) is 5.82 Å². The van der Waals surface area contributed by atoms with Gasteiger partial charge in [0.1, 0.15) is 0 Å². The van der Waals surface area contributed by atoms with Crippen molar-refractivity contribution < 1.29 is 9.59 Å². The molecule has 4 aromatic rings. The van der Waals surface area contributed by atoms with Gasteiger partial charge in [-0.2, -0.15) is 5.10 Å². The second-order valence-electron chi connectivity index (χ2n) is 6.74. The van der Waals surface area contributed by atoms with Crippen molar-refractivity contribution in [1.29, 1.82) is 0 Å². The van der Waals surface area contributed by atoms with E-state index in [-0.39, 0.29) is 11.5 Å². The molecule has 144 valence electrons. The Bertz CT molecular complexity index is 1220. The van der Waals surface area contributed by atoms with Crippen LogP contribution in [0.2, 0.25) is 0 Å². The fraction of sp³-hybridized carbons (Fsp3) is 0.0909. The Kier molecular flexibility index (Phi) is 4.78. The molecule has 29 heavy (non-hydrogen) atoms. The summed E-state index contributed by atoms with van der Waals surface area (Å²) in [6.07, 6.45) is 3.56. The van der Waals surface area contributed by atoms with E-state index in [0.29, 0.717) is 17.9 Å². The van der Waals surface area contributed by atoms with Crippen LogP contribution < -0.4 is 11.1 Å². The minimum Gasteiger partial charge on any atom is -0.366 e. The maximum Gasteiger partial charge on any atom is 0.257 e. The van der Waals surface area contributed by atoms with E-state index in [1.165, 1.54) is 6.07 Å². The van der Waals surface area contributed by atoms with Crippen LogP contribution in [0.5, 0.6) is 0 Å². The van der Waals surface area contributed by atoms with Crippen molar-refractivity contribution in [2.75, 3.05) is 5.32 Å². The standard InChI is InChI=1S/C22H19N5O2/c1-14-7-8-16(21(23)28)12-18(14)22(29)25-19-9-11-27(26-19)13-17-5-2-4-15-6-3-10-24-20(15)17/h2-12H,13H2,1H3,(H2,23,28)(H,25,26,29). The Balaban J connectivity index is 1.53. The van der Waals surface area contributed by atoms with Crippen LogP contribution >= 0.6 is 0 Å². The number of hydrogen-bond donors (Lipinski definition) is 2. The highest BCUT2D eigenvalue weighted by atomic mass is 16.2. The van der Waals surface area contributed by atoms with Gasteiger partial charge in [0, 0.05) is 35.0 Å². The minimum atomic E-state index is -0.577. The number of nitrogens with two attached hydrogens (primary N) is 1. The average molecular weight is 385 g/mol. The number of para-hydroxylation sites is 1. The lowest BCUT2D eigenvalue weighted by Crippen LogP contribution is -2.17. The molecule has 3 N–H and O–H groups in total. The third-order valence-electron chi connectivity index (χ3n) is 4.70. The highest BCUT2D eigenvalue weighted by Gasteiger charge is 2.13. The van der Waals surface area contributed by atoms with E-state index < -0.39 is 5.91 Å². The Morgan fingerprint density at radius 2 is 1.93 bits per heavy atom. The first-order valence-corrected chi connectivity index (χ1v) is 9.09. The van der Waals surface area contributed by atoms with Crippen molar-refractivity contribution >= 4 is 28.5 Å². The molecular formula is C22H19N5O2. The SMILES string of the molecule is Cc1ccc(C(N)=O)cc1C(=O)Nc1ccn(Cc2cccc3cccnc23)n1. The summed E-state index contributed by atoms with van der Waals surface area (Å²) in [7, 11) is 0. The molecule has 2 amide bonds. The predicted octanol–water partition coefficient (Wildman–Crippen LogP) is 3.14. The first kappa shape index (κ1) is 18.4. The summed E-state index contributed by atoms with van der Waals surface area (Å²) in [4.78, 5) is 28.5. The monoisotopic (exact) mass is 385 g/mol. The van der Waals surface area contributed by atoms with Crippen molar-refractivity contribution in [3.63, 3.8) is 0 Å². The molecule has 0 unspecified atom stereocenters. The summed E-state index contributed by atoms with van der Waals surface area (Å²) < 4.78 is 1.74. The van der Waals surface area contributed by atoms with E-state index in [4.69, 9.17) is 5.73 Å². The fourth-order valence-corrected chi connectivity index (χ4v) is 3.19. The summed E-state index contributed by atoms with van der Waals surface area (Å²) in [5.41, 5.74) is 8.69. The highest BCUT2D eigenvalue weighted by molar-refractivity contribution is 6.06. The molecule has 0 saturated carbocycles. The molecule has 0 saturated heterocycles. The van der Waals surface area contributed by atoms with E-state index in [0.717, 1.165) is 22.0 Å². The van der Waals surface area contributed by atoms with Gasteiger partial charge in [0.05, 0.1) is 12.1 Å². The number of rotatable bonds is 5. The Morgan fingerprint density at radius 3 is 2.76 bits per heavy atom. The van der Waals surface area contributed by atoms with Crippen LogP contribution in [0, 0.1) is 6.92 Å². The van der Waals surface area contributed by atoms with Crippen molar-refractivity contribution in [2.45, 2.75) is 13.5 Å². The Hall–Kier alpha value is -4.00. The molecule has 2 aromatic carbocycles. The van der Waals surface area contributed by atoms with Crippen LogP contribution in [-0.4, -0.2) is 26.6 Å². The number of carbonyl (C=O) groups excluding carboxylic acids is 2. The number of primary amides is 1. The average Bonchev–Trinajstić information content (AvgIpc) is 3.15. The molecule has 0 aliphatic rings. The van der Waals surface area contributed by atoms with Gasteiger partial charge in [-0.3, -0.25) is 19.3 Å². The number of pyridine rings is 1. The van der Waals surface area contributed by atoms with Crippen molar-refractivity contribution in [2.24, 2.45) is 5.73 Å². The largest absolute Gasteiger partial charge is 0.366 e. The van der Waals surface area contributed by atoms with Crippen molar-refractivity contribution in [3.8, 4) is 0 Å². The zero-order valence-electron chi connectivity index (χ0n) is 15.8. The van der Waals surface area contributed by atoms with E-state index >= 15 is 0 Å². The zero-order chi connectivity index (χ0) is 20.4. The van der Waals surface area contributed by atoms with Crippen molar-refractivity contribution in [1.82, 2.24) is 14.8 Å². The smallest absolute Gasteiger partial charge is 0.257 e. The topological polar surface area (TPSA) is 103 Å². The summed E-state index contributed by atoms with van der Waals surface area (Å²) >= 11 is 0. The molecule has 2 heterocycles. The number of benzene rings is 2. The van der Waals surface area contributed by atoms with Gasteiger partial charge in [-0.05, 0) is 36.2 Å². The number of nitrogens with one attached hydrogen (secondary N) is 1. The second kappa shape index (κ2) is 7.55. The van der Waals surface area contributed by atoms with Gasteiger partial charge in [0.2, 0.25) is 5.91 Å². The molecule has 7 heteroatoms. The molecule has 0 atom stereocenters. The maximum atomic E-state index is 12.6. The quantitative estimate of drug-likeness (QED) is 0.551. The number of amides is 2. The zero-order valence-corrected chi connectivity index (χ0v) is 15.8. The molecule has 0 radical (unpaired) electrons. The van der Waals surface area contributed by atoms with Crippen molar-refractivity contribution in [3.05, 3.63) is 89.2 Å². The third-order valence-corrected chi connectivity index (χ3v) is 4.70. The molecule has 4 rings (SSSR count). The molecule has 0 aliphatic carbocycles. The third kappa shape index (κ3) is 3.84. The lowest BCUT2D eigenvalue weighted by atomic mass is 10.0. The lowest BCUT2D eigenvalue weighted by Gasteiger charge is -2.08. The van der Waals surface area contributed by atoms with Crippen LogP contribution in [0.1, 0.15) is 31.8 Å². The van der Waals surface area contributed by atoms with E-state index in [1.54, 1.807) is 42.2 Å². The second-order valence-corrected chi connectivity index (χ2v) is 6.74. The molecule has 2 aromatic heterocycles. The van der Waals surface area contributed by atoms with E-state index in [9.17, 15) is 9.59 Å². The van der Waals surface area contributed by atoms with Gasteiger partial charge in [0.15, 0.2) is 5.82 Å². The minimum absolute atomic E-state index is 0.287. The first-order valence-electron chi connectivity index (χ1n) is 9.09. The number of fused-ring (bicyclic) bond motifs is 1. The van der Waals surface area contributed by atoms with E-state index in [2.05, 4.69) is 15.4 Å². The molecule has 0 bridgehead atoms. The Morgan fingerprint density at radius 1 is 1.10 bits per heavy atom. The van der Waals surface area contributed by atoms with Crippen LogP contribution in [-0.2, 0) is 6.54 Å². The molecule has 7 nitrogen and oxygen atoms in total. The first-order chi connectivity index (χ1) is 14.0.